The fourth-order valence-electron chi connectivity index (χ4n) is 2.69. The van der Waals surface area contributed by atoms with E-state index in [1.54, 1.807) is 6.07 Å². The third-order valence-electron chi connectivity index (χ3n) is 3.70. The summed E-state index contributed by atoms with van der Waals surface area (Å²) in [6.45, 7) is 2.53. The van der Waals surface area contributed by atoms with Gasteiger partial charge in [-0.25, -0.2) is 4.39 Å². The second-order valence-electron chi connectivity index (χ2n) is 5.01. The van der Waals surface area contributed by atoms with Crippen LogP contribution in [0.15, 0.2) is 18.2 Å². The molecule has 3 nitrogen and oxygen atoms in total. The molecule has 1 saturated heterocycles. The largest absolute Gasteiger partial charge is 0.332 e. The lowest BCUT2D eigenvalue weighted by atomic mass is 9.95. The zero-order valence-corrected chi connectivity index (χ0v) is 13.1. The van der Waals surface area contributed by atoms with Crippen molar-refractivity contribution in [3.05, 3.63) is 33.1 Å². The molecule has 1 aromatic carbocycles. The predicted octanol–water partition coefficient (Wildman–Crippen LogP) is 2.77. The van der Waals surface area contributed by atoms with Gasteiger partial charge >= 0.3 is 0 Å². The second kappa shape index (κ2) is 6.17. The van der Waals surface area contributed by atoms with Crippen molar-refractivity contribution >= 4 is 28.5 Å². The molecule has 1 amide bonds. The lowest BCUT2D eigenvalue weighted by Crippen LogP contribution is -2.52. The molecule has 2 atom stereocenters. The highest BCUT2D eigenvalue weighted by Crippen LogP contribution is 2.26. The normalized spacial score (nSPS) is 23.5. The topological polar surface area (TPSA) is 46.3 Å². The van der Waals surface area contributed by atoms with Crippen molar-refractivity contribution in [3.63, 3.8) is 0 Å². The average Bonchev–Trinajstić information content (AvgIpc) is 2.37. The van der Waals surface area contributed by atoms with Gasteiger partial charge < -0.3 is 10.6 Å². The van der Waals surface area contributed by atoms with Crippen LogP contribution in [0, 0.1) is 9.39 Å². The average molecular weight is 376 g/mol. The summed E-state index contributed by atoms with van der Waals surface area (Å²) in [6.07, 6.45) is 3.05. The second-order valence-corrected chi connectivity index (χ2v) is 6.17. The minimum Gasteiger partial charge on any atom is -0.332 e. The zero-order chi connectivity index (χ0) is 14.0. The molecule has 1 aliphatic rings. The number of likely N-dealkylation sites (tertiary alicyclic amines) is 1. The maximum Gasteiger partial charge on any atom is 0.255 e. The van der Waals surface area contributed by atoms with Gasteiger partial charge in [-0.15, -0.1) is 0 Å². The summed E-state index contributed by atoms with van der Waals surface area (Å²) in [5.74, 6) is -0.352. The Balaban J connectivity index is 2.30. The summed E-state index contributed by atoms with van der Waals surface area (Å²) in [4.78, 5) is 14.5. The summed E-state index contributed by atoms with van der Waals surface area (Å²) < 4.78 is 13.8. The van der Waals surface area contributed by atoms with E-state index in [4.69, 9.17) is 5.73 Å². The third kappa shape index (κ3) is 3.08. The van der Waals surface area contributed by atoms with E-state index in [0.29, 0.717) is 15.7 Å². The number of hydrogen-bond donors (Lipinski definition) is 1. The van der Waals surface area contributed by atoms with Gasteiger partial charge in [0.15, 0.2) is 0 Å². The van der Waals surface area contributed by atoms with Gasteiger partial charge in [0.2, 0.25) is 0 Å². The molecule has 0 spiro atoms. The number of nitrogens with zero attached hydrogens (tertiary/aromatic N) is 1. The van der Waals surface area contributed by atoms with E-state index in [1.165, 1.54) is 12.1 Å². The quantitative estimate of drug-likeness (QED) is 0.807. The number of halogens is 2. The van der Waals surface area contributed by atoms with Crippen molar-refractivity contribution in [1.29, 1.82) is 0 Å². The van der Waals surface area contributed by atoms with Crippen LogP contribution < -0.4 is 5.73 Å². The van der Waals surface area contributed by atoms with Crippen molar-refractivity contribution in [1.82, 2.24) is 4.90 Å². The Labute approximate surface area is 126 Å². The molecule has 0 aromatic heterocycles. The summed E-state index contributed by atoms with van der Waals surface area (Å²) in [6, 6.07) is 4.57. The lowest BCUT2D eigenvalue weighted by Gasteiger charge is -2.40. The standard InChI is InChI=1S/C14H18FIN2O/c1-9-3-2-4-11(8-17)18(9)14(19)12-6-5-10(15)7-13(12)16/h5-7,9,11H,2-4,8,17H2,1H3. The summed E-state index contributed by atoms with van der Waals surface area (Å²) in [7, 11) is 0. The first-order valence-electron chi connectivity index (χ1n) is 6.52. The molecular weight excluding hydrogens is 358 g/mol. The summed E-state index contributed by atoms with van der Waals surface area (Å²) >= 11 is 2.00. The molecule has 104 valence electrons. The van der Waals surface area contributed by atoms with Gasteiger partial charge in [0.1, 0.15) is 5.82 Å². The van der Waals surface area contributed by atoms with Crippen LogP contribution >= 0.6 is 22.6 Å². The number of benzene rings is 1. The molecule has 0 radical (unpaired) electrons. The Morgan fingerprint density at radius 3 is 2.89 bits per heavy atom. The maximum absolute atomic E-state index is 13.1. The predicted molar refractivity (Wildman–Crippen MR) is 81.4 cm³/mol. The van der Waals surface area contributed by atoms with Crippen molar-refractivity contribution in [2.45, 2.75) is 38.3 Å². The van der Waals surface area contributed by atoms with E-state index in [-0.39, 0.29) is 23.8 Å². The molecule has 2 N–H and O–H groups in total. The lowest BCUT2D eigenvalue weighted by molar-refractivity contribution is 0.0493. The molecule has 0 saturated carbocycles. The number of hydrogen-bond acceptors (Lipinski definition) is 2. The number of amides is 1. The van der Waals surface area contributed by atoms with E-state index < -0.39 is 0 Å². The van der Waals surface area contributed by atoms with Gasteiger partial charge in [-0.3, -0.25) is 4.79 Å². The number of rotatable bonds is 2. The summed E-state index contributed by atoms with van der Waals surface area (Å²) in [5, 5.41) is 0. The number of carbonyl (C=O) groups excluding carboxylic acids is 1. The fraction of sp³-hybridized carbons (Fsp3) is 0.500. The fourth-order valence-corrected chi connectivity index (χ4v) is 3.39. The molecule has 19 heavy (non-hydrogen) atoms. The molecule has 1 aliphatic heterocycles. The van der Waals surface area contributed by atoms with Crippen LogP contribution in [0.25, 0.3) is 0 Å². The third-order valence-corrected chi connectivity index (χ3v) is 4.59. The first-order chi connectivity index (χ1) is 9.04. The smallest absolute Gasteiger partial charge is 0.255 e. The summed E-state index contributed by atoms with van der Waals surface area (Å²) in [5.41, 5.74) is 6.34. The zero-order valence-electron chi connectivity index (χ0n) is 10.9. The molecule has 1 heterocycles. The number of piperidine rings is 1. The van der Waals surface area contributed by atoms with Gasteiger partial charge in [0, 0.05) is 22.2 Å². The maximum atomic E-state index is 13.1. The SMILES string of the molecule is CC1CCCC(CN)N1C(=O)c1ccc(F)cc1I. The van der Waals surface area contributed by atoms with E-state index >= 15 is 0 Å². The van der Waals surface area contributed by atoms with Crippen LogP contribution in [0.3, 0.4) is 0 Å². The van der Waals surface area contributed by atoms with E-state index in [1.807, 2.05) is 27.5 Å². The molecular formula is C14H18FIN2O. The minimum atomic E-state index is -0.317. The van der Waals surface area contributed by atoms with Crippen LogP contribution in [0.4, 0.5) is 4.39 Å². The Hall–Kier alpha value is -0.690. The molecule has 2 rings (SSSR count). The highest BCUT2D eigenvalue weighted by molar-refractivity contribution is 14.1. The Morgan fingerprint density at radius 1 is 1.53 bits per heavy atom. The molecule has 1 aromatic rings. The Kier molecular flexibility index (Phi) is 4.78. The van der Waals surface area contributed by atoms with E-state index in [9.17, 15) is 9.18 Å². The van der Waals surface area contributed by atoms with Gasteiger partial charge in [0.25, 0.3) is 5.91 Å². The molecule has 1 fully saturated rings. The van der Waals surface area contributed by atoms with Crippen molar-refractivity contribution in [2.75, 3.05) is 6.54 Å². The van der Waals surface area contributed by atoms with Crippen molar-refractivity contribution in [2.24, 2.45) is 5.73 Å². The molecule has 0 bridgehead atoms. The van der Waals surface area contributed by atoms with Crippen LogP contribution in [-0.4, -0.2) is 29.4 Å². The van der Waals surface area contributed by atoms with Crippen LogP contribution in [0.1, 0.15) is 36.5 Å². The number of carbonyl (C=O) groups is 1. The Bertz CT molecular complexity index is 481. The van der Waals surface area contributed by atoms with Gasteiger partial charge in [-0.05, 0) is 67.0 Å². The van der Waals surface area contributed by atoms with Gasteiger partial charge in [0.05, 0.1) is 5.56 Å². The van der Waals surface area contributed by atoms with Crippen LogP contribution in [0.2, 0.25) is 0 Å². The first kappa shape index (κ1) is 14.7. The van der Waals surface area contributed by atoms with Crippen molar-refractivity contribution < 1.29 is 9.18 Å². The molecule has 0 aliphatic carbocycles. The number of nitrogens with two attached hydrogens (primary N) is 1. The van der Waals surface area contributed by atoms with Gasteiger partial charge in [-0.1, -0.05) is 0 Å². The van der Waals surface area contributed by atoms with E-state index in [0.717, 1.165) is 19.3 Å². The molecule has 2 unspecified atom stereocenters. The van der Waals surface area contributed by atoms with E-state index in [2.05, 4.69) is 6.92 Å². The first-order valence-corrected chi connectivity index (χ1v) is 7.60. The highest BCUT2D eigenvalue weighted by atomic mass is 127. The highest BCUT2D eigenvalue weighted by Gasteiger charge is 2.32. The Morgan fingerprint density at radius 2 is 2.26 bits per heavy atom. The van der Waals surface area contributed by atoms with Gasteiger partial charge in [-0.2, -0.15) is 0 Å². The monoisotopic (exact) mass is 376 g/mol. The van der Waals surface area contributed by atoms with Crippen molar-refractivity contribution in [3.8, 4) is 0 Å². The minimum absolute atomic E-state index is 0.0351. The van der Waals surface area contributed by atoms with Crippen LogP contribution in [-0.2, 0) is 0 Å². The molecule has 5 heteroatoms. The van der Waals surface area contributed by atoms with Crippen LogP contribution in [0.5, 0.6) is 0 Å².